The third-order valence-corrected chi connectivity index (χ3v) is 4.16. The zero-order valence-electron chi connectivity index (χ0n) is 14.1. The van der Waals surface area contributed by atoms with E-state index in [2.05, 4.69) is 10.4 Å². The maximum Gasteiger partial charge on any atom is 0.346 e. The lowest BCUT2D eigenvalue weighted by atomic mass is 9.92. The van der Waals surface area contributed by atoms with E-state index in [0.717, 1.165) is 5.01 Å². The Balaban J connectivity index is 1.85. The van der Waals surface area contributed by atoms with Crippen LogP contribution in [-0.4, -0.2) is 40.5 Å². The Kier molecular flexibility index (Phi) is 4.25. The fourth-order valence-corrected chi connectivity index (χ4v) is 2.59. The summed E-state index contributed by atoms with van der Waals surface area (Å²) in [5, 5.41) is 26.1. The highest BCUT2D eigenvalue weighted by molar-refractivity contribution is 6.07. The van der Waals surface area contributed by atoms with Gasteiger partial charge in [0.1, 0.15) is 11.3 Å². The molecule has 1 heterocycles. The van der Waals surface area contributed by atoms with Gasteiger partial charge in [0.2, 0.25) is 0 Å². The van der Waals surface area contributed by atoms with Crippen molar-refractivity contribution in [2.45, 2.75) is 12.5 Å². The van der Waals surface area contributed by atoms with Crippen LogP contribution in [0.1, 0.15) is 18.1 Å². The lowest BCUT2D eigenvalue weighted by molar-refractivity contribution is -0.131. The first-order valence-electron chi connectivity index (χ1n) is 7.72. The Hall–Kier alpha value is -3.55. The minimum absolute atomic E-state index is 0.274. The van der Waals surface area contributed by atoms with Crippen LogP contribution in [0.15, 0.2) is 47.6 Å². The van der Waals surface area contributed by atoms with Crippen LogP contribution in [0.2, 0.25) is 0 Å². The van der Waals surface area contributed by atoms with Gasteiger partial charge < -0.3 is 20.3 Å². The molecule has 0 aromatic heterocycles. The molecule has 26 heavy (non-hydrogen) atoms. The Morgan fingerprint density at radius 1 is 1.12 bits per heavy atom. The molecule has 3 rings (SSSR count). The summed E-state index contributed by atoms with van der Waals surface area (Å²) >= 11 is 0. The average Bonchev–Trinajstić information content (AvgIpc) is 2.86. The molecule has 0 radical (unpaired) electrons. The minimum atomic E-state index is -1.25. The number of methoxy groups -OCH3 is 1. The van der Waals surface area contributed by atoms with Gasteiger partial charge in [-0.3, -0.25) is 4.79 Å². The number of benzene rings is 2. The summed E-state index contributed by atoms with van der Waals surface area (Å²) in [5.74, 6) is -0.499. The van der Waals surface area contributed by atoms with E-state index in [9.17, 15) is 19.8 Å². The van der Waals surface area contributed by atoms with Gasteiger partial charge in [0, 0.05) is 0 Å². The summed E-state index contributed by atoms with van der Waals surface area (Å²) in [5.41, 5.74) is -0.242. The zero-order valence-corrected chi connectivity index (χ0v) is 14.1. The Morgan fingerprint density at radius 2 is 1.81 bits per heavy atom. The maximum absolute atomic E-state index is 12.7. The standard InChI is InChI=1S/C18H17N3O5/c1-18(12-4-6-13(26-2)7-5-12)16(24)21(17(25)20-18)19-10-11-3-8-14(22)15(23)9-11/h3-10,22-23H,1-2H3,(H,20,25)/b19-10+/t18-/m0/s1. The number of rotatable bonds is 4. The van der Waals surface area contributed by atoms with Gasteiger partial charge >= 0.3 is 6.03 Å². The Bertz CT molecular complexity index is 894. The number of phenolic OH excluding ortho intramolecular Hbond substituents is 2. The molecule has 1 aliphatic heterocycles. The van der Waals surface area contributed by atoms with Crippen molar-refractivity contribution in [1.29, 1.82) is 0 Å². The SMILES string of the molecule is COc1ccc([C@]2(C)NC(=O)N(/N=C/c3ccc(O)c(O)c3)C2=O)cc1. The van der Waals surface area contributed by atoms with Gasteiger partial charge in [-0.05, 0) is 48.4 Å². The molecule has 134 valence electrons. The molecule has 0 spiro atoms. The number of aromatic hydroxyl groups is 2. The number of hydrogen-bond donors (Lipinski definition) is 3. The van der Waals surface area contributed by atoms with Crippen LogP contribution in [0.4, 0.5) is 4.79 Å². The van der Waals surface area contributed by atoms with E-state index in [-0.39, 0.29) is 11.5 Å². The van der Waals surface area contributed by atoms with E-state index in [0.29, 0.717) is 16.9 Å². The first-order valence-corrected chi connectivity index (χ1v) is 7.72. The molecule has 2 aromatic carbocycles. The molecule has 8 nitrogen and oxygen atoms in total. The second-order valence-electron chi connectivity index (χ2n) is 5.89. The smallest absolute Gasteiger partial charge is 0.346 e. The predicted molar refractivity (Wildman–Crippen MR) is 93.1 cm³/mol. The zero-order chi connectivity index (χ0) is 18.9. The highest BCUT2D eigenvalue weighted by Crippen LogP contribution is 2.30. The maximum atomic E-state index is 12.7. The first kappa shape index (κ1) is 17.3. The number of nitrogens with one attached hydrogen (secondary N) is 1. The van der Waals surface area contributed by atoms with Crippen molar-refractivity contribution in [2.24, 2.45) is 5.10 Å². The fraction of sp³-hybridized carbons (Fsp3) is 0.167. The number of nitrogens with zero attached hydrogens (tertiary/aromatic N) is 2. The van der Waals surface area contributed by atoms with Crippen LogP contribution in [0.25, 0.3) is 0 Å². The normalized spacial score (nSPS) is 19.8. The molecule has 1 aliphatic rings. The Labute approximate surface area is 149 Å². The summed E-state index contributed by atoms with van der Waals surface area (Å²) in [4.78, 5) is 24.9. The molecular weight excluding hydrogens is 338 g/mol. The summed E-state index contributed by atoms with van der Waals surface area (Å²) < 4.78 is 5.09. The van der Waals surface area contributed by atoms with E-state index in [1.54, 1.807) is 31.2 Å². The first-order chi connectivity index (χ1) is 12.3. The van der Waals surface area contributed by atoms with Crippen LogP contribution in [0.5, 0.6) is 17.2 Å². The molecular formula is C18H17N3O5. The largest absolute Gasteiger partial charge is 0.504 e. The van der Waals surface area contributed by atoms with Crippen molar-refractivity contribution in [3.63, 3.8) is 0 Å². The number of ether oxygens (including phenoxy) is 1. The minimum Gasteiger partial charge on any atom is -0.504 e. The monoisotopic (exact) mass is 355 g/mol. The molecule has 1 saturated heterocycles. The van der Waals surface area contributed by atoms with Crippen molar-refractivity contribution in [2.75, 3.05) is 7.11 Å². The van der Waals surface area contributed by atoms with E-state index in [4.69, 9.17) is 4.74 Å². The Morgan fingerprint density at radius 3 is 2.42 bits per heavy atom. The number of carbonyl (C=O) groups is 2. The van der Waals surface area contributed by atoms with Gasteiger partial charge in [-0.2, -0.15) is 5.10 Å². The van der Waals surface area contributed by atoms with Crippen LogP contribution in [0.3, 0.4) is 0 Å². The molecule has 3 amide bonds. The second kappa shape index (κ2) is 6.40. The number of hydrazone groups is 1. The van der Waals surface area contributed by atoms with Crippen molar-refractivity contribution < 1.29 is 24.5 Å². The summed E-state index contributed by atoms with van der Waals surface area (Å²) in [6.07, 6.45) is 1.25. The average molecular weight is 355 g/mol. The van der Waals surface area contributed by atoms with E-state index in [1.165, 1.54) is 31.5 Å². The van der Waals surface area contributed by atoms with Crippen molar-refractivity contribution in [1.82, 2.24) is 10.3 Å². The molecule has 1 fully saturated rings. The molecule has 2 aromatic rings. The van der Waals surface area contributed by atoms with Crippen LogP contribution < -0.4 is 10.1 Å². The highest BCUT2D eigenvalue weighted by Gasteiger charge is 2.49. The van der Waals surface area contributed by atoms with Crippen molar-refractivity contribution >= 4 is 18.2 Å². The van der Waals surface area contributed by atoms with Crippen LogP contribution >= 0.6 is 0 Å². The summed E-state index contributed by atoms with van der Waals surface area (Å²) in [6.45, 7) is 1.59. The van der Waals surface area contributed by atoms with Gasteiger partial charge in [0.25, 0.3) is 5.91 Å². The van der Waals surface area contributed by atoms with Crippen LogP contribution in [0, 0.1) is 0 Å². The number of hydrogen-bond acceptors (Lipinski definition) is 6. The number of carbonyl (C=O) groups excluding carboxylic acids is 2. The second-order valence-corrected chi connectivity index (χ2v) is 5.89. The number of imide groups is 1. The van der Waals surface area contributed by atoms with E-state index in [1.807, 2.05) is 0 Å². The number of urea groups is 1. The molecule has 8 heteroatoms. The molecule has 0 unspecified atom stereocenters. The quantitative estimate of drug-likeness (QED) is 0.441. The highest BCUT2D eigenvalue weighted by atomic mass is 16.5. The lowest BCUT2D eigenvalue weighted by Gasteiger charge is -2.21. The third kappa shape index (κ3) is 2.92. The number of amides is 3. The topological polar surface area (TPSA) is 111 Å². The van der Waals surface area contributed by atoms with Crippen LogP contribution in [-0.2, 0) is 10.3 Å². The fourth-order valence-electron chi connectivity index (χ4n) is 2.59. The van der Waals surface area contributed by atoms with Gasteiger partial charge in [0.05, 0.1) is 13.3 Å². The molecule has 0 bridgehead atoms. The van der Waals surface area contributed by atoms with Gasteiger partial charge in [0.15, 0.2) is 11.5 Å². The third-order valence-electron chi connectivity index (χ3n) is 4.16. The molecule has 0 saturated carbocycles. The van der Waals surface area contributed by atoms with Gasteiger partial charge in [-0.25, -0.2) is 4.79 Å². The molecule has 1 atom stereocenters. The molecule has 0 aliphatic carbocycles. The predicted octanol–water partition coefficient (Wildman–Crippen LogP) is 1.91. The van der Waals surface area contributed by atoms with Gasteiger partial charge in [-0.15, -0.1) is 5.01 Å². The summed E-state index contributed by atoms with van der Waals surface area (Å²) in [6, 6.07) is 10.2. The summed E-state index contributed by atoms with van der Waals surface area (Å²) in [7, 11) is 1.54. The van der Waals surface area contributed by atoms with E-state index >= 15 is 0 Å². The lowest BCUT2D eigenvalue weighted by Crippen LogP contribution is -2.40. The van der Waals surface area contributed by atoms with Gasteiger partial charge in [-0.1, -0.05) is 12.1 Å². The van der Waals surface area contributed by atoms with Crippen molar-refractivity contribution in [3.8, 4) is 17.2 Å². The molecule has 3 N–H and O–H groups in total. The van der Waals surface area contributed by atoms with E-state index < -0.39 is 17.5 Å². The number of phenols is 2. The van der Waals surface area contributed by atoms with Crippen molar-refractivity contribution in [3.05, 3.63) is 53.6 Å².